The van der Waals surface area contributed by atoms with E-state index in [1.807, 2.05) is 12.2 Å². The highest BCUT2D eigenvalue weighted by molar-refractivity contribution is 5.46. The molecular formula is C12H20N4O3. The molecule has 4 N–H and O–H groups in total. The summed E-state index contributed by atoms with van der Waals surface area (Å²) in [4.78, 5) is 12.7. The first-order valence-electron chi connectivity index (χ1n) is 6.39. The molecule has 7 heteroatoms. The van der Waals surface area contributed by atoms with E-state index in [1.165, 1.54) is 5.01 Å². The predicted molar refractivity (Wildman–Crippen MR) is 69.0 cm³/mol. The molecular weight excluding hydrogens is 248 g/mol. The Morgan fingerprint density at radius 3 is 3.21 bits per heavy atom. The number of hydrogen-bond acceptors (Lipinski definition) is 6. The van der Waals surface area contributed by atoms with Crippen molar-refractivity contribution in [1.29, 1.82) is 0 Å². The van der Waals surface area contributed by atoms with Crippen LogP contribution in [0.5, 0.6) is 0 Å². The van der Waals surface area contributed by atoms with E-state index < -0.39 is 0 Å². The van der Waals surface area contributed by atoms with Crippen LogP contribution in [0.1, 0.15) is 12.8 Å². The summed E-state index contributed by atoms with van der Waals surface area (Å²) in [5, 5.41) is 13.1. The molecule has 2 rings (SSSR count). The largest absolute Gasteiger partial charge is 0.476 e. The second-order valence-corrected chi connectivity index (χ2v) is 4.46. The summed E-state index contributed by atoms with van der Waals surface area (Å²) in [6.45, 7) is 1.01. The van der Waals surface area contributed by atoms with Crippen LogP contribution in [0, 0.1) is 0 Å². The van der Waals surface area contributed by atoms with E-state index >= 15 is 0 Å². The first-order chi connectivity index (χ1) is 9.27. The molecule has 0 aromatic heterocycles. The highest BCUT2D eigenvalue weighted by atomic mass is 16.5. The number of nitrogens with one attached hydrogen (secondary N) is 1. The number of carbonyl (C=O) groups excluding carboxylic acids is 1. The van der Waals surface area contributed by atoms with Gasteiger partial charge in [0.25, 0.3) is 0 Å². The van der Waals surface area contributed by atoms with Crippen LogP contribution in [-0.4, -0.2) is 53.5 Å². The van der Waals surface area contributed by atoms with Gasteiger partial charge in [-0.3, -0.25) is 14.7 Å². The number of allylic oxidation sites excluding steroid dienone is 2. The van der Waals surface area contributed by atoms with E-state index in [0.29, 0.717) is 5.88 Å². The number of hydrogen-bond donors (Lipinski definition) is 3. The average molecular weight is 268 g/mol. The molecule has 2 atom stereocenters. The lowest BCUT2D eigenvalue weighted by Crippen LogP contribution is -2.56. The first-order valence-corrected chi connectivity index (χ1v) is 6.39. The Hall–Kier alpha value is -1.57. The van der Waals surface area contributed by atoms with Crippen LogP contribution in [-0.2, 0) is 9.53 Å². The Kier molecular flexibility index (Phi) is 4.78. The maximum atomic E-state index is 10.6. The summed E-state index contributed by atoms with van der Waals surface area (Å²) in [5.74, 6) is 6.56. The number of aliphatic hydroxyl groups is 1. The number of aliphatic hydroxyl groups excluding tert-OH is 1. The van der Waals surface area contributed by atoms with Crippen LogP contribution in [0.4, 0.5) is 0 Å². The molecule has 0 saturated carbocycles. The highest BCUT2D eigenvalue weighted by Crippen LogP contribution is 2.23. The Bertz CT molecular complexity index is 372. The molecule has 106 valence electrons. The van der Waals surface area contributed by atoms with Crippen molar-refractivity contribution >= 4 is 6.41 Å². The molecule has 2 aliphatic heterocycles. The summed E-state index contributed by atoms with van der Waals surface area (Å²) in [7, 11) is 0. The topological polar surface area (TPSA) is 91.1 Å². The Morgan fingerprint density at radius 2 is 2.47 bits per heavy atom. The summed E-state index contributed by atoms with van der Waals surface area (Å²) >= 11 is 0. The van der Waals surface area contributed by atoms with Crippen LogP contribution in [0.15, 0.2) is 24.1 Å². The van der Waals surface area contributed by atoms with Crippen molar-refractivity contribution in [1.82, 2.24) is 15.2 Å². The molecule has 0 radical (unpaired) electrons. The summed E-state index contributed by atoms with van der Waals surface area (Å²) in [5.41, 5.74) is 0. The van der Waals surface area contributed by atoms with Crippen LogP contribution in [0.25, 0.3) is 0 Å². The van der Waals surface area contributed by atoms with Crippen molar-refractivity contribution in [2.45, 2.75) is 25.2 Å². The molecule has 2 heterocycles. The van der Waals surface area contributed by atoms with Crippen LogP contribution < -0.4 is 11.2 Å². The van der Waals surface area contributed by atoms with E-state index in [-0.39, 0.29) is 25.5 Å². The van der Waals surface area contributed by atoms with Crippen molar-refractivity contribution < 1.29 is 14.6 Å². The Labute approximate surface area is 112 Å². The van der Waals surface area contributed by atoms with Gasteiger partial charge in [0.1, 0.15) is 12.8 Å². The van der Waals surface area contributed by atoms with Gasteiger partial charge in [0.2, 0.25) is 12.3 Å². The molecule has 1 fully saturated rings. The van der Waals surface area contributed by atoms with Gasteiger partial charge in [-0.05, 0) is 25.0 Å². The number of hydrazine groups is 1. The fraction of sp³-hybridized carbons (Fsp3) is 0.583. The Balaban J connectivity index is 2.02. The number of carbonyl (C=O) groups is 1. The second-order valence-electron chi connectivity index (χ2n) is 4.46. The molecule has 1 saturated heterocycles. The first kappa shape index (κ1) is 13.9. The smallest absolute Gasteiger partial charge is 0.208 e. The van der Waals surface area contributed by atoms with E-state index in [2.05, 4.69) is 10.2 Å². The van der Waals surface area contributed by atoms with Gasteiger partial charge in [-0.15, -0.1) is 0 Å². The number of rotatable bonds is 6. The van der Waals surface area contributed by atoms with E-state index in [4.69, 9.17) is 15.7 Å². The number of likely N-dealkylation sites (tertiary alicyclic amines) is 1. The lowest BCUT2D eigenvalue weighted by molar-refractivity contribution is -0.111. The van der Waals surface area contributed by atoms with Gasteiger partial charge >= 0.3 is 0 Å². The molecule has 2 aliphatic rings. The predicted octanol–water partition coefficient (Wildman–Crippen LogP) is -0.924. The van der Waals surface area contributed by atoms with E-state index in [0.717, 1.165) is 25.8 Å². The quantitative estimate of drug-likeness (QED) is 0.426. The lowest BCUT2D eigenvalue weighted by Gasteiger charge is -2.38. The molecule has 0 aromatic carbocycles. The van der Waals surface area contributed by atoms with Crippen LogP contribution in [0.3, 0.4) is 0 Å². The van der Waals surface area contributed by atoms with E-state index in [1.54, 1.807) is 6.08 Å². The third-order valence-electron chi connectivity index (χ3n) is 3.30. The van der Waals surface area contributed by atoms with Crippen molar-refractivity contribution in [3.63, 3.8) is 0 Å². The third-order valence-corrected chi connectivity index (χ3v) is 3.30. The van der Waals surface area contributed by atoms with Crippen LogP contribution >= 0.6 is 0 Å². The van der Waals surface area contributed by atoms with E-state index in [9.17, 15) is 4.79 Å². The molecule has 1 amide bonds. The highest BCUT2D eigenvalue weighted by Gasteiger charge is 2.33. The molecule has 0 aliphatic carbocycles. The average Bonchev–Trinajstić information content (AvgIpc) is 2.86. The SMILES string of the molecule is NN1C(OCCO)=CC=CC1N1CCCC1NC=O. The number of nitrogens with zero attached hydrogens (tertiary/aromatic N) is 2. The Morgan fingerprint density at radius 1 is 1.63 bits per heavy atom. The number of nitrogens with two attached hydrogens (primary N) is 1. The maximum Gasteiger partial charge on any atom is 0.208 e. The zero-order valence-electron chi connectivity index (χ0n) is 10.7. The number of amides is 1. The van der Waals surface area contributed by atoms with Gasteiger partial charge in [-0.2, -0.15) is 0 Å². The molecule has 0 spiro atoms. The molecule has 2 unspecified atom stereocenters. The van der Waals surface area contributed by atoms with Gasteiger partial charge < -0.3 is 15.2 Å². The molecule has 0 bridgehead atoms. The molecule has 7 nitrogen and oxygen atoms in total. The fourth-order valence-electron chi connectivity index (χ4n) is 2.45. The van der Waals surface area contributed by atoms with Crippen molar-refractivity contribution in [3.05, 3.63) is 24.1 Å². The minimum atomic E-state index is -0.154. The third kappa shape index (κ3) is 3.06. The van der Waals surface area contributed by atoms with Crippen molar-refractivity contribution in [3.8, 4) is 0 Å². The fourth-order valence-corrected chi connectivity index (χ4v) is 2.45. The summed E-state index contributed by atoms with van der Waals surface area (Å²) in [6.07, 6.45) is 8.07. The number of ether oxygens (including phenoxy) is 1. The van der Waals surface area contributed by atoms with Gasteiger partial charge in [0.15, 0.2) is 0 Å². The zero-order chi connectivity index (χ0) is 13.7. The summed E-state index contributed by atoms with van der Waals surface area (Å²) in [6, 6.07) is 0. The van der Waals surface area contributed by atoms with Gasteiger partial charge in [-0.1, -0.05) is 6.08 Å². The molecule has 0 aromatic rings. The van der Waals surface area contributed by atoms with Gasteiger partial charge in [-0.25, -0.2) is 5.84 Å². The van der Waals surface area contributed by atoms with Gasteiger partial charge in [0.05, 0.1) is 12.8 Å². The van der Waals surface area contributed by atoms with Gasteiger partial charge in [0, 0.05) is 6.54 Å². The van der Waals surface area contributed by atoms with Crippen LogP contribution in [0.2, 0.25) is 0 Å². The monoisotopic (exact) mass is 268 g/mol. The second kappa shape index (κ2) is 6.55. The standard InChI is InChI=1S/C12H20N4O3/c13-16-11(4-1-5-12(16)19-8-7-17)15-6-2-3-10(15)14-9-18/h1,4-5,9-11,17H,2-3,6-8,13H2,(H,14,18). The maximum absolute atomic E-state index is 10.6. The normalized spacial score (nSPS) is 27.3. The minimum absolute atomic E-state index is 0.00427. The zero-order valence-corrected chi connectivity index (χ0v) is 10.7. The van der Waals surface area contributed by atoms with Crippen molar-refractivity contribution in [2.75, 3.05) is 19.8 Å². The minimum Gasteiger partial charge on any atom is -0.476 e. The lowest BCUT2D eigenvalue weighted by atomic mass is 10.2. The molecule has 19 heavy (non-hydrogen) atoms. The van der Waals surface area contributed by atoms with Crippen molar-refractivity contribution in [2.24, 2.45) is 5.84 Å². The summed E-state index contributed by atoms with van der Waals surface area (Å²) < 4.78 is 5.37.